The smallest absolute Gasteiger partial charge is 0.0271 e. The van der Waals surface area contributed by atoms with E-state index >= 15 is 0 Å². The summed E-state index contributed by atoms with van der Waals surface area (Å²) in [6.45, 7) is 7.38. The highest BCUT2D eigenvalue weighted by molar-refractivity contribution is 5.10. The van der Waals surface area contributed by atoms with Gasteiger partial charge in [-0.15, -0.1) is 0 Å². The lowest BCUT2D eigenvalue weighted by Crippen LogP contribution is -2.29. The van der Waals surface area contributed by atoms with Gasteiger partial charge in [-0.05, 0) is 30.5 Å². The van der Waals surface area contributed by atoms with E-state index in [4.69, 9.17) is 0 Å². The van der Waals surface area contributed by atoms with Crippen LogP contribution >= 0.6 is 0 Å². The summed E-state index contributed by atoms with van der Waals surface area (Å²) in [5, 5.41) is 0. The highest BCUT2D eigenvalue weighted by Crippen LogP contribution is 2.15. The van der Waals surface area contributed by atoms with Crippen LogP contribution in [-0.4, -0.2) is 23.0 Å². The lowest BCUT2D eigenvalue weighted by atomic mass is 10.1. The van der Waals surface area contributed by atoms with E-state index in [1.165, 1.54) is 11.1 Å². The lowest BCUT2D eigenvalue weighted by molar-refractivity contribution is 0.248. The summed E-state index contributed by atoms with van der Waals surface area (Å²) in [4.78, 5) is 6.49. The first kappa shape index (κ1) is 9.41. The van der Waals surface area contributed by atoms with E-state index in [0.29, 0.717) is 0 Å². The molecule has 74 valence electrons. The summed E-state index contributed by atoms with van der Waals surface area (Å²) in [6, 6.07) is 4.17. The molecule has 2 nitrogen and oxygen atoms in total. The monoisotopic (exact) mass is 188 g/mol. The molecule has 1 aromatic rings. The molecular formula is C12H16N2. The minimum Gasteiger partial charge on any atom is -0.298 e. The van der Waals surface area contributed by atoms with Crippen molar-refractivity contribution in [2.45, 2.75) is 19.4 Å². The van der Waals surface area contributed by atoms with Crippen molar-refractivity contribution >= 4 is 0 Å². The van der Waals surface area contributed by atoms with Crippen LogP contribution in [0.4, 0.5) is 0 Å². The largest absolute Gasteiger partial charge is 0.298 e. The molecule has 2 heteroatoms. The molecule has 14 heavy (non-hydrogen) atoms. The van der Waals surface area contributed by atoms with Gasteiger partial charge in [0.05, 0.1) is 0 Å². The highest BCUT2D eigenvalue weighted by atomic mass is 15.1. The third-order valence-corrected chi connectivity index (χ3v) is 2.72. The third kappa shape index (κ3) is 2.42. The summed E-state index contributed by atoms with van der Waals surface area (Å²) in [5.74, 6) is 0. The number of hydrogen-bond acceptors (Lipinski definition) is 2. The van der Waals surface area contributed by atoms with Gasteiger partial charge < -0.3 is 0 Å². The van der Waals surface area contributed by atoms with E-state index in [0.717, 1.165) is 32.5 Å². The second kappa shape index (κ2) is 4.38. The summed E-state index contributed by atoms with van der Waals surface area (Å²) in [5.41, 5.74) is 2.75. The first-order valence-electron chi connectivity index (χ1n) is 5.12. The molecule has 0 N–H and O–H groups in total. The van der Waals surface area contributed by atoms with Crippen molar-refractivity contribution in [1.29, 1.82) is 0 Å². The Hall–Kier alpha value is -1.15. The number of hydrogen-bond donors (Lipinski definition) is 0. The zero-order valence-corrected chi connectivity index (χ0v) is 8.45. The summed E-state index contributed by atoms with van der Waals surface area (Å²) >= 11 is 0. The van der Waals surface area contributed by atoms with Gasteiger partial charge in [0.25, 0.3) is 0 Å². The average Bonchev–Trinajstić information content (AvgIpc) is 2.23. The number of pyridine rings is 1. The molecule has 0 saturated carbocycles. The standard InChI is InChI=1S/C12H16N2/c1-11-4-8-14(9-5-11)10-12-2-6-13-7-3-12/h2-3,6-7H,1,4-5,8-10H2. The molecule has 0 aliphatic carbocycles. The Morgan fingerprint density at radius 3 is 2.50 bits per heavy atom. The first-order valence-corrected chi connectivity index (χ1v) is 5.12. The van der Waals surface area contributed by atoms with Gasteiger partial charge in [-0.3, -0.25) is 9.88 Å². The van der Waals surface area contributed by atoms with Gasteiger partial charge in [0.1, 0.15) is 0 Å². The molecule has 0 radical (unpaired) electrons. The van der Waals surface area contributed by atoms with E-state index in [1.807, 2.05) is 12.4 Å². The van der Waals surface area contributed by atoms with Crippen LogP contribution in [0.25, 0.3) is 0 Å². The van der Waals surface area contributed by atoms with Gasteiger partial charge in [-0.2, -0.15) is 0 Å². The molecule has 2 rings (SSSR count). The number of aromatic nitrogens is 1. The van der Waals surface area contributed by atoms with Gasteiger partial charge in [0.2, 0.25) is 0 Å². The molecular weight excluding hydrogens is 172 g/mol. The van der Waals surface area contributed by atoms with Crippen LogP contribution in [-0.2, 0) is 6.54 Å². The molecule has 1 saturated heterocycles. The third-order valence-electron chi connectivity index (χ3n) is 2.72. The van der Waals surface area contributed by atoms with Gasteiger partial charge in [0.15, 0.2) is 0 Å². The molecule has 0 unspecified atom stereocenters. The fraction of sp³-hybridized carbons (Fsp3) is 0.417. The number of likely N-dealkylation sites (tertiary alicyclic amines) is 1. The second-order valence-electron chi connectivity index (χ2n) is 3.88. The quantitative estimate of drug-likeness (QED) is 0.662. The Morgan fingerprint density at radius 1 is 1.21 bits per heavy atom. The minimum absolute atomic E-state index is 1.05. The van der Waals surface area contributed by atoms with Crippen LogP contribution < -0.4 is 0 Å². The summed E-state index contributed by atoms with van der Waals surface area (Å²) in [6.07, 6.45) is 6.03. The van der Waals surface area contributed by atoms with Crippen LogP contribution in [0.3, 0.4) is 0 Å². The topological polar surface area (TPSA) is 16.1 Å². The molecule has 0 aromatic carbocycles. The van der Waals surface area contributed by atoms with Crippen LogP contribution in [0, 0.1) is 0 Å². The van der Waals surface area contributed by atoms with Crippen molar-refractivity contribution in [3.05, 3.63) is 42.2 Å². The van der Waals surface area contributed by atoms with Crippen molar-refractivity contribution in [2.75, 3.05) is 13.1 Å². The number of piperidine rings is 1. The molecule has 1 aromatic heterocycles. The van der Waals surface area contributed by atoms with E-state index < -0.39 is 0 Å². The average molecular weight is 188 g/mol. The molecule has 1 aliphatic heterocycles. The van der Waals surface area contributed by atoms with Crippen molar-refractivity contribution in [1.82, 2.24) is 9.88 Å². The fourth-order valence-electron chi connectivity index (χ4n) is 1.77. The highest BCUT2D eigenvalue weighted by Gasteiger charge is 2.12. The van der Waals surface area contributed by atoms with E-state index in [9.17, 15) is 0 Å². The lowest BCUT2D eigenvalue weighted by Gasteiger charge is -2.27. The maximum Gasteiger partial charge on any atom is 0.0271 e. The SMILES string of the molecule is C=C1CCN(Cc2ccncc2)CC1. The van der Waals surface area contributed by atoms with Crippen LogP contribution in [0.2, 0.25) is 0 Å². The predicted octanol–water partition coefficient (Wildman–Crippen LogP) is 2.23. The van der Waals surface area contributed by atoms with Crippen LogP contribution in [0.15, 0.2) is 36.7 Å². The molecule has 0 atom stereocenters. The number of rotatable bonds is 2. The maximum atomic E-state index is 4.02. The van der Waals surface area contributed by atoms with Crippen LogP contribution in [0.5, 0.6) is 0 Å². The summed E-state index contributed by atoms with van der Waals surface area (Å²) < 4.78 is 0. The van der Waals surface area contributed by atoms with Crippen molar-refractivity contribution < 1.29 is 0 Å². The Balaban J connectivity index is 1.89. The minimum atomic E-state index is 1.05. The van der Waals surface area contributed by atoms with Crippen molar-refractivity contribution in [3.8, 4) is 0 Å². The zero-order chi connectivity index (χ0) is 9.80. The first-order chi connectivity index (χ1) is 6.84. The van der Waals surface area contributed by atoms with Gasteiger partial charge >= 0.3 is 0 Å². The summed E-state index contributed by atoms with van der Waals surface area (Å²) in [7, 11) is 0. The van der Waals surface area contributed by atoms with E-state index in [2.05, 4.69) is 28.6 Å². The Kier molecular flexibility index (Phi) is 2.94. The Morgan fingerprint density at radius 2 is 1.86 bits per heavy atom. The zero-order valence-electron chi connectivity index (χ0n) is 8.45. The predicted molar refractivity (Wildman–Crippen MR) is 57.9 cm³/mol. The van der Waals surface area contributed by atoms with E-state index in [1.54, 1.807) is 0 Å². The van der Waals surface area contributed by atoms with E-state index in [-0.39, 0.29) is 0 Å². The molecule has 2 heterocycles. The molecule has 1 aliphatic rings. The van der Waals surface area contributed by atoms with Crippen LogP contribution in [0.1, 0.15) is 18.4 Å². The molecule has 1 fully saturated rings. The van der Waals surface area contributed by atoms with Gasteiger partial charge in [-0.1, -0.05) is 12.2 Å². The van der Waals surface area contributed by atoms with Crippen molar-refractivity contribution in [3.63, 3.8) is 0 Å². The molecule has 0 spiro atoms. The van der Waals surface area contributed by atoms with Crippen molar-refractivity contribution in [2.24, 2.45) is 0 Å². The molecule has 0 amide bonds. The maximum absolute atomic E-state index is 4.02. The number of nitrogens with zero attached hydrogens (tertiary/aromatic N) is 2. The molecule has 0 bridgehead atoms. The Labute approximate surface area is 85.3 Å². The fourth-order valence-corrected chi connectivity index (χ4v) is 1.77. The van der Waals surface area contributed by atoms with Gasteiger partial charge in [-0.25, -0.2) is 0 Å². The van der Waals surface area contributed by atoms with Gasteiger partial charge in [0, 0.05) is 32.0 Å². The second-order valence-corrected chi connectivity index (χ2v) is 3.88. The Bertz CT molecular complexity index is 295. The normalized spacial score (nSPS) is 18.4.